The minimum absolute atomic E-state index is 0.0411. The molecule has 1 saturated carbocycles. The number of benzene rings is 1. The molecule has 0 saturated heterocycles. The van der Waals surface area contributed by atoms with Crippen molar-refractivity contribution in [3.8, 4) is 0 Å². The summed E-state index contributed by atoms with van der Waals surface area (Å²) in [5.41, 5.74) is 2.89. The second-order valence-electron chi connectivity index (χ2n) is 5.82. The van der Waals surface area contributed by atoms with Gasteiger partial charge in [-0.05, 0) is 49.8 Å². The minimum Gasteiger partial charge on any atom is -0.384 e. The van der Waals surface area contributed by atoms with Crippen molar-refractivity contribution in [3.05, 3.63) is 29.3 Å². The van der Waals surface area contributed by atoms with Gasteiger partial charge in [0, 0.05) is 18.8 Å². The molecule has 3 heteroatoms. The molecular formula is C17H26N2O. The first-order valence-corrected chi connectivity index (χ1v) is 7.83. The van der Waals surface area contributed by atoms with E-state index in [0.29, 0.717) is 0 Å². The zero-order valence-electron chi connectivity index (χ0n) is 12.7. The molecule has 0 spiro atoms. The second kappa shape index (κ2) is 7.32. The maximum absolute atomic E-state index is 12.2. The maximum atomic E-state index is 12.2. The number of amides is 1. The summed E-state index contributed by atoms with van der Waals surface area (Å²) < 4.78 is 0. The van der Waals surface area contributed by atoms with Gasteiger partial charge >= 0.3 is 0 Å². The molecule has 2 rings (SSSR count). The molecule has 3 nitrogen and oxygen atoms in total. The van der Waals surface area contributed by atoms with Crippen LogP contribution in [0.25, 0.3) is 0 Å². The molecule has 1 aliphatic rings. The number of rotatable bonds is 8. The predicted molar refractivity (Wildman–Crippen MR) is 84.3 cm³/mol. The van der Waals surface area contributed by atoms with Gasteiger partial charge < -0.3 is 10.6 Å². The molecule has 1 amide bonds. The first-order valence-electron chi connectivity index (χ1n) is 7.83. The fourth-order valence-corrected chi connectivity index (χ4v) is 2.36. The Hall–Kier alpha value is -1.51. The van der Waals surface area contributed by atoms with E-state index in [1.807, 2.05) is 12.1 Å². The van der Waals surface area contributed by atoms with Gasteiger partial charge in [-0.1, -0.05) is 25.8 Å². The minimum atomic E-state index is 0.0411. The first-order chi connectivity index (χ1) is 9.70. The van der Waals surface area contributed by atoms with Crippen LogP contribution in [0.4, 0.5) is 5.69 Å². The fourth-order valence-electron chi connectivity index (χ4n) is 2.36. The van der Waals surface area contributed by atoms with Gasteiger partial charge in [-0.15, -0.1) is 0 Å². The number of aryl methyl sites for hydroxylation is 1. The number of hydrogen-bond acceptors (Lipinski definition) is 2. The van der Waals surface area contributed by atoms with E-state index < -0.39 is 0 Å². The van der Waals surface area contributed by atoms with E-state index in [9.17, 15) is 4.79 Å². The van der Waals surface area contributed by atoms with E-state index in [-0.39, 0.29) is 5.91 Å². The lowest BCUT2D eigenvalue weighted by molar-refractivity contribution is 0.0953. The molecule has 2 N–H and O–H groups in total. The van der Waals surface area contributed by atoms with E-state index >= 15 is 0 Å². The van der Waals surface area contributed by atoms with Gasteiger partial charge in [-0.25, -0.2) is 0 Å². The summed E-state index contributed by atoms with van der Waals surface area (Å²) in [4.78, 5) is 12.2. The van der Waals surface area contributed by atoms with Crippen molar-refractivity contribution < 1.29 is 4.79 Å². The van der Waals surface area contributed by atoms with Gasteiger partial charge in [-0.2, -0.15) is 0 Å². The highest BCUT2D eigenvalue weighted by Gasteiger charge is 2.20. The Morgan fingerprint density at radius 2 is 2.10 bits per heavy atom. The third-order valence-electron chi connectivity index (χ3n) is 3.76. The van der Waals surface area contributed by atoms with E-state index in [2.05, 4.69) is 30.5 Å². The number of hydrogen-bond donors (Lipinski definition) is 2. The second-order valence-corrected chi connectivity index (χ2v) is 5.82. The molecule has 0 aromatic heterocycles. The largest absolute Gasteiger partial charge is 0.384 e. The highest BCUT2D eigenvalue weighted by Crippen LogP contribution is 2.33. The Bertz CT molecular complexity index is 452. The molecule has 110 valence electrons. The Morgan fingerprint density at radius 1 is 1.30 bits per heavy atom. The average Bonchev–Trinajstić information content (AvgIpc) is 3.25. The van der Waals surface area contributed by atoms with Crippen LogP contribution >= 0.6 is 0 Å². The maximum Gasteiger partial charge on any atom is 0.253 e. The lowest BCUT2D eigenvalue weighted by atomic mass is 10.1. The standard InChI is InChI=1S/C17H26N2O/c1-3-10-18-16-12-13(2)6-9-15(16)17(20)19-11-4-5-14-7-8-14/h6,9,12,14,18H,3-5,7-8,10-11H2,1-2H3,(H,19,20). The summed E-state index contributed by atoms with van der Waals surface area (Å²) in [5.74, 6) is 0.979. The fraction of sp³-hybridized carbons (Fsp3) is 0.588. The van der Waals surface area contributed by atoms with Gasteiger partial charge in [0.05, 0.1) is 5.56 Å². The van der Waals surface area contributed by atoms with Crippen molar-refractivity contribution in [2.75, 3.05) is 18.4 Å². The van der Waals surface area contributed by atoms with Crippen LogP contribution in [0.1, 0.15) is 54.9 Å². The van der Waals surface area contributed by atoms with Gasteiger partial charge in [0.1, 0.15) is 0 Å². The zero-order valence-corrected chi connectivity index (χ0v) is 12.7. The molecule has 1 fully saturated rings. The lowest BCUT2D eigenvalue weighted by Crippen LogP contribution is -2.25. The van der Waals surface area contributed by atoms with Crippen molar-refractivity contribution in [3.63, 3.8) is 0 Å². The zero-order chi connectivity index (χ0) is 14.4. The quantitative estimate of drug-likeness (QED) is 0.709. The van der Waals surface area contributed by atoms with Gasteiger partial charge in [0.2, 0.25) is 0 Å². The van der Waals surface area contributed by atoms with Gasteiger partial charge in [0.15, 0.2) is 0 Å². The van der Waals surface area contributed by atoms with E-state index in [1.54, 1.807) is 0 Å². The molecule has 1 aromatic carbocycles. The number of carbonyl (C=O) groups is 1. The van der Waals surface area contributed by atoms with Crippen molar-refractivity contribution in [2.24, 2.45) is 5.92 Å². The van der Waals surface area contributed by atoms with Crippen LogP contribution in [0, 0.1) is 12.8 Å². The molecular weight excluding hydrogens is 248 g/mol. The topological polar surface area (TPSA) is 41.1 Å². The summed E-state index contributed by atoms with van der Waals surface area (Å²) in [7, 11) is 0. The summed E-state index contributed by atoms with van der Waals surface area (Å²) in [5, 5.41) is 6.38. The van der Waals surface area contributed by atoms with E-state index in [1.165, 1.54) is 24.8 Å². The van der Waals surface area contributed by atoms with Crippen LogP contribution in [-0.4, -0.2) is 19.0 Å². The molecule has 20 heavy (non-hydrogen) atoms. The Kier molecular flexibility index (Phi) is 5.45. The monoisotopic (exact) mass is 274 g/mol. The van der Waals surface area contributed by atoms with Crippen molar-refractivity contribution in [2.45, 2.75) is 46.0 Å². The normalized spacial score (nSPS) is 14.1. The highest BCUT2D eigenvalue weighted by molar-refractivity contribution is 5.99. The summed E-state index contributed by atoms with van der Waals surface area (Å²) >= 11 is 0. The number of anilines is 1. The predicted octanol–water partition coefficient (Wildman–Crippen LogP) is 3.74. The van der Waals surface area contributed by atoms with Crippen molar-refractivity contribution in [1.29, 1.82) is 0 Å². The van der Waals surface area contributed by atoms with Crippen LogP contribution in [0.15, 0.2) is 18.2 Å². The van der Waals surface area contributed by atoms with Crippen LogP contribution in [0.5, 0.6) is 0 Å². The van der Waals surface area contributed by atoms with Crippen molar-refractivity contribution >= 4 is 11.6 Å². The third-order valence-corrected chi connectivity index (χ3v) is 3.76. The average molecular weight is 274 g/mol. The Balaban J connectivity index is 1.89. The lowest BCUT2D eigenvalue weighted by Gasteiger charge is -2.12. The molecule has 0 bridgehead atoms. The molecule has 1 aromatic rings. The van der Waals surface area contributed by atoms with Crippen LogP contribution in [-0.2, 0) is 0 Å². The van der Waals surface area contributed by atoms with Crippen molar-refractivity contribution in [1.82, 2.24) is 5.32 Å². The SMILES string of the molecule is CCCNc1cc(C)ccc1C(=O)NCCCC1CC1. The first kappa shape index (κ1) is 14.9. The summed E-state index contributed by atoms with van der Waals surface area (Å²) in [6.07, 6.45) is 6.18. The van der Waals surface area contributed by atoms with Crippen LogP contribution in [0.3, 0.4) is 0 Å². The number of carbonyl (C=O) groups excluding carboxylic acids is 1. The van der Waals surface area contributed by atoms with E-state index in [0.717, 1.165) is 43.1 Å². The molecule has 0 radical (unpaired) electrons. The van der Waals surface area contributed by atoms with Crippen LogP contribution in [0.2, 0.25) is 0 Å². The Morgan fingerprint density at radius 3 is 2.80 bits per heavy atom. The molecule has 0 unspecified atom stereocenters. The highest BCUT2D eigenvalue weighted by atomic mass is 16.1. The molecule has 1 aliphatic carbocycles. The molecule has 0 heterocycles. The summed E-state index contributed by atoms with van der Waals surface area (Å²) in [6.45, 7) is 5.86. The molecule has 0 atom stereocenters. The molecule has 0 aliphatic heterocycles. The van der Waals surface area contributed by atoms with Gasteiger partial charge in [-0.3, -0.25) is 4.79 Å². The third kappa shape index (κ3) is 4.55. The van der Waals surface area contributed by atoms with E-state index in [4.69, 9.17) is 0 Å². The smallest absolute Gasteiger partial charge is 0.253 e. The summed E-state index contributed by atoms with van der Waals surface area (Å²) in [6, 6.07) is 5.97. The van der Waals surface area contributed by atoms with Gasteiger partial charge in [0.25, 0.3) is 5.91 Å². The number of nitrogens with one attached hydrogen (secondary N) is 2. The van der Waals surface area contributed by atoms with Crippen LogP contribution < -0.4 is 10.6 Å². The Labute approximate surface area is 122 Å².